The molecule has 0 radical (unpaired) electrons. The molecule has 0 saturated carbocycles. The minimum atomic E-state index is -0.406. The SMILES string of the molecule is CNc1cc(COc2ccc(C)cc2)ccc1[N+](=O)[O-]. The maximum absolute atomic E-state index is 10.8. The van der Waals surface area contributed by atoms with Crippen molar-refractivity contribution in [1.82, 2.24) is 0 Å². The lowest BCUT2D eigenvalue weighted by atomic mass is 10.2. The number of nitro benzene ring substituents is 1. The first-order valence-corrected chi connectivity index (χ1v) is 6.24. The lowest BCUT2D eigenvalue weighted by Gasteiger charge is -2.08. The third-order valence-corrected chi connectivity index (χ3v) is 2.95. The molecule has 2 aromatic rings. The second-order valence-corrected chi connectivity index (χ2v) is 4.46. The Morgan fingerprint density at radius 1 is 1.20 bits per heavy atom. The first-order valence-electron chi connectivity index (χ1n) is 6.24. The molecule has 0 unspecified atom stereocenters. The molecule has 0 bridgehead atoms. The Morgan fingerprint density at radius 3 is 2.50 bits per heavy atom. The smallest absolute Gasteiger partial charge is 0.292 e. The molecule has 0 aromatic heterocycles. The molecule has 0 amide bonds. The summed E-state index contributed by atoms with van der Waals surface area (Å²) in [6.45, 7) is 2.38. The van der Waals surface area contributed by atoms with Gasteiger partial charge in [-0.3, -0.25) is 10.1 Å². The van der Waals surface area contributed by atoms with Gasteiger partial charge in [0.05, 0.1) is 4.92 Å². The van der Waals surface area contributed by atoms with E-state index in [-0.39, 0.29) is 5.69 Å². The number of hydrogen-bond donors (Lipinski definition) is 1. The van der Waals surface area contributed by atoms with Gasteiger partial charge in [-0.15, -0.1) is 0 Å². The predicted octanol–water partition coefficient (Wildman–Crippen LogP) is 3.52. The number of nitrogens with zero attached hydrogens (tertiary/aromatic N) is 1. The number of anilines is 1. The van der Waals surface area contributed by atoms with Crippen LogP contribution in [-0.4, -0.2) is 12.0 Å². The van der Waals surface area contributed by atoms with Crippen LogP contribution >= 0.6 is 0 Å². The van der Waals surface area contributed by atoms with Gasteiger partial charge in [0, 0.05) is 13.1 Å². The first kappa shape index (κ1) is 13.9. The highest BCUT2D eigenvalue weighted by Crippen LogP contribution is 2.25. The number of nitro groups is 1. The highest BCUT2D eigenvalue weighted by molar-refractivity contribution is 5.62. The number of hydrogen-bond acceptors (Lipinski definition) is 4. The zero-order valence-electron chi connectivity index (χ0n) is 11.4. The van der Waals surface area contributed by atoms with Crippen LogP contribution in [0, 0.1) is 17.0 Å². The van der Waals surface area contributed by atoms with Gasteiger partial charge in [-0.05, 0) is 36.8 Å². The summed E-state index contributed by atoms with van der Waals surface area (Å²) in [4.78, 5) is 10.4. The molecule has 0 atom stereocenters. The summed E-state index contributed by atoms with van der Waals surface area (Å²) in [5.41, 5.74) is 2.59. The van der Waals surface area contributed by atoms with E-state index in [4.69, 9.17) is 4.74 Å². The predicted molar refractivity (Wildman–Crippen MR) is 78.2 cm³/mol. The Hall–Kier alpha value is -2.56. The van der Waals surface area contributed by atoms with Crippen LogP contribution in [0.1, 0.15) is 11.1 Å². The lowest BCUT2D eigenvalue weighted by Crippen LogP contribution is -2.00. The Labute approximate surface area is 117 Å². The van der Waals surface area contributed by atoms with Crippen molar-refractivity contribution in [2.75, 3.05) is 12.4 Å². The third-order valence-electron chi connectivity index (χ3n) is 2.95. The number of rotatable bonds is 5. The second kappa shape index (κ2) is 6.06. The molecule has 1 N–H and O–H groups in total. The highest BCUT2D eigenvalue weighted by Gasteiger charge is 2.12. The lowest BCUT2D eigenvalue weighted by molar-refractivity contribution is -0.384. The molecule has 20 heavy (non-hydrogen) atoms. The van der Waals surface area contributed by atoms with Crippen LogP contribution in [0.25, 0.3) is 0 Å². The minimum Gasteiger partial charge on any atom is -0.489 e. The van der Waals surface area contributed by atoms with Crippen LogP contribution < -0.4 is 10.1 Å². The van der Waals surface area contributed by atoms with Crippen molar-refractivity contribution >= 4 is 11.4 Å². The topological polar surface area (TPSA) is 64.4 Å². The molecule has 2 aromatic carbocycles. The average Bonchev–Trinajstić information content (AvgIpc) is 2.46. The molecule has 104 valence electrons. The quantitative estimate of drug-likeness (QED) is 0.668. The summed E-state index contributed by atoms with van der Waals surface area (Å²) >= 11 is 0. The average molecular weight is 272 g/mol. The van der Waals surface area contributed by atoms with Gasteiger partial charge in [0.15, 0.2) is 0 Å². The van der Waals surface area contributed by atoms with Gasteiger partial charge < -0.3 is 10.1 Å². The van der Waals surface area contributed by atoms with Crippen LogP contribution in [0.2, 0.25) is 0 Å². The standard InChI is InChI=1S/C15H16N2O3/c1-11-3-6-13(7-4-11)20-10-12-5-8-15(17(18)19)14(9-12)16-2/h3-9,16H,10H2,1-2H3. The molecular weight excluding hydrogens is 256 g/mol. The molecule has 0 aliphatic carbocycles. The normalized spacial score (nSPS) is 10.1. The first-order chi connectivity index (χ1) is 9.60. The second-order valence-electron chi connectivity index (χ2n) is 4.46. The van der Waals surface area contributed by atoms with E-state index in [1.807, 2.05) is 31.2 Å². The molecule has 0 fully saturated rings. The largest absolute Gasteiger partial charge is 0.489 e. The van der Waals surface area contributed by atoms with Crippen molar-refractivity contribution in [1.29, 1.82) is 0 Å². The van der Waals surface area contributed by atoms with Gasteiger partial charge in [0.2, 0.25) is 0 Å². The van der Waals surface area contributed by atoms with E-state index in [1.54, 1.807) is 19.2 Å². The zero-order valence-corrected chi connectivity index (χ0v) is 11.4. The third kappa shape index (κ3) is 3.26. The number of nitrogens with one attached hydrogen (secondary N) is 1. The van der Waals surface area contributed by atoms with E-state index in [9.17, 15) is 10.1 Å². The van der Waals surface area contributed by atoms with Gasteiger partial charge in [0.25, 0.3) is 5.69 Å². The van der Waals surface area contributed by atoms with Gasteiger partial charge >= 0.3 is 0 Å². The van der Waals surface area contributed by atoms with Gasteiger partial charge in [-0.1, -0.05) is 17.7 Å². The van der Waals surface area contributed by atoms with E-state index >= 15 is 0 Å². The van der Waals surface area contributed by atoms with E-state index in [0.29, 0.717) is 12.3 Å². The molecule has 0 spiro atoms. The molecular formula is C15H16N2O3. The van der Waals surface area contributed by atoms with Crippen molar-refractivity contribution in [3.63, 3.8) is 0 Å². The monoisotopic (exact) mass is 272 g/mol. The number of aryl methyl sites for hydroxylation is 1. The Kier molecular flexibility index (Phi) is 4.20. The highest BCUT2D eigenvalue weighted by atomic mass is 16.6. The fraction of sp³-hybridized carbons (Fsp3) is 0.200. The molecule has 0 aliphatic rings. The van der Waals surface area contributed by atoms with Crippen LogP contribution in [0.15, 0.2) is 42.5 Å². The molecule has 5 heteroatoms. The van der Waals surface area contributed by atoms with Gasteiger partial charge in [0.1, 0.15) is 18.0 Å². The summed E-state index contributed by atoms with van der Waals surface area (Å²) in [5, 5.41) is 13.7. The van der Waals surface area contributed by atoms with Gasteiger partial charge in [-0.25, -0.2) is 0 Å². The van der Waals surface area contributed by atoms with Crippen LogP contribution in [-0.2, 0) is 6.61 Å². The van der Waals surface area contributed by atoms with Crippen LogP contribution in [0.4, 0.5) is 11.4 Å². The number of benzene rings is 2. The molecule has 2 rings (SSSR count). The van der Waals surface area contributed by atoms with Crippen molar-refractivity contribution in [2.45, 2.75) is 13.5 Å². The maximum Gasteiger partial charge on any atom is 0.292 e. The van der Waals surface area contributed by atoms with E-state index in [0.717, 1.165) is 11.3 Å². The summed E-state index contributed by atoms with van der Waals surface area (Å²) in [7, 11) is 1.66. The Bertz CT molecular complexity index is 609. The van der Waals surface area contributed by atoms with Crippen molar-refractivity contribution in [3.05, 3.63) is 63.7 Å². The van der Waals surface area contributed by atoms with E-state index < -0.39 is 4.92 Å². The minimum absolute atomic E-state index is 0.0617. The summed E-state index contributed by atoms with van der Waals surface area (Å²) < 4.78 is 5.65. The molecule has 0 saturated heterocycles. The summed E-state index contributed by atoms with van der Waals surface area (Å²) in [6.07, 6.45) is 0. The van der Waals surface area contributed by atoms with E-state index in [2.05, 4.69) is 5.32 Å². The summed E-state index contributed by atoms with van der Waals surface area (Å²) in [5.74, 6) is 0.778. The van der Waals surface area contributed by atoms with Gasteiger partial charge in [-0.2, -0.15) is 0 Å². The molecule has 5 nitrogen and oxygen atoms in total. The van der Waals surface area contributed by atoms with Crippen LogP contribution in [0.3, 0.4) is 0 Å². The fourth-order valence-corrected chi connectivity index (χ4v) is 1.83. The van der Waals surface area contributed by atoms with E-state index in [1.165, 1.54) is 11.6 Å². The van der Waals surface area contributed by atoms with Crippen molar-refractivity contribution < 1.29 is 9.66 Å². The number of ether oxygens (including phenoxy) is 1. The maximum atomic E-state index is 10.8. The van der Waals surface area contributed by atoms with Crippen LogP contribution in [0.5, 0.6) is 5.75 Å². The summed E-state index contributed by atoms with van der Waals surface area (Å²) in [6, 6.07) is 12.7. The molecule has 0 heterocycles. The van der Waals surface area contributed by atoms with Crippen molar-refractivity contribution in [2.24, 2.45) is 0 Å². The Morgan fingerprint density at radius 2 is 1.90 bits per heavy atom. The van der Waals surface area contributed by atoms with Crippen molar-refractivity contribution in [3.8, 4) is 5.75 Å². The zero-order chi connectivity index (χ0) is 14.5. The Balaban J connectivity index is 2.10. The molecule has 0 aliphatic heterocycles. The fourth-order valence-electron chi connectivity index (χ4n) is 1.83.